The minimum absolute atomic E-state index is 0.0328. The predicted octanol–water partition coefficient (Wildman–Crippen LogP) is 1.65. The second kappa shape index (κ2) is 9.26. The van der Waals surface area contributed by atoms with Crippen molar-refractivity contribution < 1.29 is 27.5 Å². The highest BCUT2D eigenvalue weighted by atomic mass is 32.2. The second-order valence-electron chi connectivity index (χ2n) is 5.44. The second-order valence-corrected chi connectivity index (χ2v) is 7.21. The number of benzene rings is 2. The first-order valence-electron chi connectivity index (χ1n) is 7.96. The number of sulfonamides is 1. The maximum absolute atomic E-state index is 12.4. The molecular formula is C18H20N2O6S. The molecule has 0 heterocycles. The summed E-state index contributed by atoms with van der Waals surface area (Å²) in [5.74, 6) is -1.03. The molecule has 0 aliphatic heterocycles. The molecule has 0 unspecified atom stereocenters. The van der Waals surface area contributed by atoms with E-state index in [2.05, 4.69) is 14.8 Å². The van der Waals surface area contributed by atoms with E-state index >= 15 is 0 Å². The van der Waals surface area contributed by atoms with Gasteiger partial charge in [-0.05, 0) is 36.4 Å². The lowest BCUT2D eigenvalue weighted by Gasteiger charge is -2.09. The Labute approximate surface area is 157 Å². The molecule has 144 valence electrons. The molecule has 1 amide bonds. The Morgan fingerprint density at radius 2 is 1.70 bits per heavy atom. The van der Waals surface area contributed by atoms with Crippen molar-refractivity contribution >= 4 is 27.6 Å². The molecule has 0 saturated heterocycles. The molecule has 9 heteroatoms. The number of esters is 1. The van der Waals surface area contributed by atoms with Gasteiger partial charge in [-0.3, -0.25) is 4.79 Å². The van der Waals surface area contributed by atoms with Crippen LogP contribution >= 0.6 is 0 Å². The van der Waals surface area contributed by atoms with Crippen molar-refractivity contribution in [3.8, 4) is 0 Å². The van der Waals surface area contributed by atoms with E-state index in [0.717, 1.165) is 0 Å². The Morgan fingerprint density at radius 3 is 2.41 bits per heavy atom. The molecular weight excluding hydrogens is 372 g/mol. The fourth-order valence-corrected chi connectivity index (χ4v) is 3.27. The van der Waals surface area contributed by atoms with Crippen molar-refractivity contribution in [1.29, 1.82) is 0 Å². The van der Waals surface area contributed by atoms with Crippen LogP contribution in [0.1, 0.15) is 20.7 Å². The smallest absolute Gasteiger partial charge is 0.337 e. The van der Waals surface area contributed by atoms with Crippen molar-refractivity contribution in [2.24, 2.45) is 0 Å². The molecule has 0 aliphatic rings. The summed E-state index contributed by atoms with van der Waals surface area (Å²) in [4.78, 5) is 24.0. The van der Waals surface area contributed by atoms with E-state index in [0.29, 0.717) is 5.69 Å². The maximum atomic E-state index is 12.4. The number of ether oxygens (including phenoxy) is 2. The van der Waals surface area contributed by atoms with Gasteiger partial charge >= 0.3 is 5.97 Å². The van der Waals surface area contributed by atoms with Gasteiger partial charge in [0.2, 0.25) is 10.0 Å². The predicted molar refractivity (Wildman–Crippen MR) is 99.2 cm³/mol. The summed E-state index contributed by atoms with van der Waals surface area (Å²) >= 11 is 0. The first kappa shape index (κ1) is 20.6. The summed E-state index contributed by atoms with van der Waals surface area (Å²) in [5.41, 5.74) is 0.830. The molecule has 27 heavy (non-hydrogen) atoms. The quantitative estimate of drug-likeness (QED) is 0.522. The maximum Gasteiger partial charge on any atom is 0.337 e. The van der Waals surface area contributed by atoms with Gasteiger partial charge < -0.3 is 14.8 Å². The van der Waals surface area contributed by atoms with Gasteiger partial charge in [0.25, 0.3) is 5.91 Å². The number of hydrogen-bond acceptors (Lipinski definition) is 6. The van der Waals surface area contributed by atoms with Crippen molar-refractivity contribution in [3.05, 3.63) is 59.7 Å². The summed E-state index contributed by atoms with van der Waals surface area (Å²) in [6.45, 7) is 0.353. The average Bonchev–Trinajstić information content (AvgIpc) is 2.67. The van der Waals surface area contributed by atoms with E-state index in [1.807, 2.05) is 0 Å². The molecule has 0 fully saturated rings. The lowest BCUT2D eigenvalue weighted by atomic mass is 10.1. The zero-order valence-electron chi connectivity index (χ0n) is 14.9. The van der Waals surface area contributed by atoms with Gasteiger partial charge in [0.15, 0.2) is 0 Å². The molecule has 0 atom stereocenters. The zero-order valence-corrected chi connectivity index (χ0v) is 15.7. The number of amides is 1. The third-order valence-corrected chi connectivity index (χ3v) is 5.01. The van der Waals surface area contributed by atoms with Gasteiger partial charge in [-0.15, -0.1) is 0 Å². The van der Waals surface area contributed by atoms with E-state index in [4.69, 9.17) is 4.74 Å². The van der Waals surface area contributed by atoms with Crippen LogP contribution in [-0.2, 0) is 19.5 Å². The third-order valence-electron chi connectivity index (χ3n) is 3.55. The van der Waals surface area contributed by atoms with Crippen molar-refractivity contribution in [2.75, 3.05) is 32.7 Å². The molecule has 0 aliphatic carbocycles. The van der Waals surface area contributed by atoms with Gasteiger partial charge in [0, 0.05) is 24.9 Å². The van der Waals surface area contributed by atoms with Gasteiger partial charge in [-0.2, -0.15) is 0 Å². The Balaban J connectivity index is 2.17. The van der Waals surface area contributed by atoms with Crippen LogP contribution in [0.5, 0.6) is 0 Å². The Kier molecular flexibility index (Phi) is 7.05. The third kappa shape index (κ3) is 5.61. The van der Waals surface area contributed by atoms with Gasteiger partial charge in [0.05, 0.1) is 24.2 Å². The Morgan fingerprint density at radius 1 is 1.00 bits per heavy atom. The normalized spacial score (nSPS) is 11.0. The van der Waals surface area contributed by atoms with Crippen LogP contribution in [0.4, 0.5) is 5.69 Å². The fraction of sp³-hybridized carbons (Fsp3) is 0.222. The number of carbonyl (C=O) groups excluding carboxylic acids is 2. The number of anilines is 1. The Hall–Kier alpha value is -2.75. The van der Waals surface area contributed by atoms with E-state index in [-0.39, 0.29) is 29.2 Å². The van der Waals surface area contributed by atoms with E-state index in [9.17, 15) is 18.0 Å². The molecule has 2 aromatic carbocycles. The standard InChI is InChI=1S/C18H20N2O6S/c1-25-10-9-19-27(23,24)16-8-4-5-13(12-16)17(21)20-15-7-3-6-14(11-15)18(22)26-2/h3-8,11-12,19H,9-10H2,1-2H3,(H,20,21). The largest absolute Gasteiger partial charge is 0.465 e. The fourth-order valence-electron chi connectivity index (χ4n) is 2.21. The molecule has 2 aromatic rings. The highest BCUT2D eigenvalue weighted by Crippen LogP contribution is 2.15. The molecule has 2 rings (SSSR count). The van der Waals surface area contributed by atoms with Gasteiger partial charge in [0.1, 0.15) is 0 Å². The van der Waals surface area contributed by atoms with Crippen LogP contribution in [0.25, 0.3) is 0 Å². The van der Waals surface area contributed by atoms with Gasteiger partial charge in [-0.25, -0.2) is 17.9 Å². The molecule has 0 bridgehead atoms. The minimum atomic E-state index is -3.75. The summed E-state index contributed by atoms with van der Waals surface area (Å²) < 4.78 is 36.3. The van der Waals surface area contributed by atoms with Gasteiger partial charge in [-0.1, -0.05) is 12.1 Å². The number of carbonyl (C=O) groups is 2. The SMILES string of the molecule is COCCNS(=O)(=O)c1cccc(C(=O)Nc2cccc(C(=O)OC)c2)c1. The first-order valence-corrected chi connectivity index (χ1v) is 9.44. The van der Waals surface area contributed by atoms with Crippen molar-refractivity contribution in [3.63, 3.8) is 0 Å². The number of methoxy groups -OCH3 is 2. The number of rotatable bonds is 8. The van der Waals surface area contributed by atoms with Crippen LogP contribution in [0, 0.1) is 0 Å². The average molecular weight is 392 g/mol. The van der Waals surface area contributed by atoms with E-state index in [1.165, 1.54) is 44.6 Å². The summed E-state index contributed by atoms with van der Waals surface area (Å²) in [5, 5.41) is 2.63. The molecule has 0 radical (unpaired) electrons. The summed E-state index contributed by atoms with van der Waals surface area (Å²) in [7, 11) is -1.02. The molecule has 0 saturated carbocycles. The first-order chi connectivity index (χ1) is 12.9. The molecule has 0 spiro atoms. The molecule has 2 N–H and O–H groups in total. The minimum Gasteiger partial charge on any atom is -0.465 e. The van der Waals surface area contributed by atoms with Crippen molar-refractivity contribution in [2.45, 2.75) is 4.90 Å². The van der Waals surface area contributed by atoms with Crippen LogP contribution in [0.3, 0.4) is 0 Å². The molecule has 8 nitrogen and oxygen atoms in total. The summed E-state index contributed by atoms with van der Waals surface area (Å²) in [6, 6.07) is 11.9. The van der Waals surface area contributed by atoms with E-state index < -0.39 is 21.9 Å². The number of hydrogen-bond donors (Lipinski definition) is 2. The topological polar surface area (TPSA) is 111 Å². The van der Waals surface area contributed by atoms with Crippen LogP contribution in [0.2, 0.25) is 0 Å². The van der Waals surface area contributed by atoms with Crippen molar-refractivity contribution in [1.82, 2.24) is 4.72 Å². The Bertz CT molecular complexity index is 927. The van der Waals surface area contributed by atoms with E-state index in [1.54, 1.807) is 18.2 Å². The van der Waals surface area contributed by atoms with Crippen LogP contribution in [-0.4, -0.2) is 47.7 Å². The monoisotopic (exact) mass is 392 g/mol. The lowest BCUT2D eigenvalue weighted by molar-refractivity contribution is 0.0600. The lowest BCUT2D eigenvalue weighted by Crippen LogP contribution is -2.27. The van der Waals surface area contributed by atoms with Crippen LogP contribution in [0.15, 0.2) is 53.4 Å². The highest BCUT2D eigenvalue weighted by Gasteiger charge is 2.16. The van der Waals surface area contributed by atoms with Crippen LogP contribution < -0.4 is 10.0 Å². The number of nitrogens with one attached hydrogen (secondary N) is 2. The highest BCUT2D eigenvalue weighted by molar-refractivity contribution is 7.89. The summed E-state index contributed by atoms with van der Waals surface area (Å²) in [6.07, 6.45) is 0. The zero-order chi connectivity index (χ0) is 19.9. The molecule has 0 aromatic heterocycles.